The topological polar surface area (TPSA) is 61.7 Å². The number of carbonyl (C=O) groups is 1. The van der Waals surface area contributed by atoms with Crippen LogP contribution in [0.25, 0.3) is 0 Å². The monoisotopic (exact) mass is 361 g/mol. The molecule has 0 saturated carbocycles. The number of carbonyl (C=O) groups excluding carboxylic acids is 1. The molecule has 2 fully saturated rings. The largest absolute Gasteiger partial charge is 0.367 e. The maximum Gasteiger partial charge on any atom is 0.268 e. The fourth-order valence-corrected chi connectivity index (χ4v) is 3.90. The summed E-state index contributed by atoms with van der Waals surface area (Å²) >= 11 is 0. The van der Waals surface area contributed by atoms with Gasteiger partial charge in [-0.25, -0.2) is 4.68 Å². The third-order valence-electron chi connectivity index (χ3n) is 5.79. The molecule has 3 rings (SSSR count). The quantitative estimate of drug-likeness (QED) is 0.799. The first-order valence-electron chi connectivity index (χ1n) is 9.74. The SMILES string of the molecule is CC(C)N1CCC(CC(=O)N2CCN(c3cnn(C)c(=O)c3)CC2)CC1. The van der Waals surface area contributed by atoms with Crippen molar-refractivity contribution in [3.8, 4) is 0 Å². The number of amides is 1. The average molecular weight is 361 g/mol. The minimum Gasteiger partial charge on any atom is -0.367 e. The lowest BCUT2D eigenvalue weighted by molar-refractivity contribution is -0.132. The zero-order chi connectivity index (χ0) is 18.7. The standard InChI is InChI=1S/C19H31N5O2/c1-15(2)22-6-4-16(5-7-22)12-19(26)24-10-8-23(9-11-24)17-13-18(25)21(3)20-14-17/h13-16H,4-12H2,1-3H3. The van der Waals surface area contributed by atoms with Gasteiger partial charge in [0.25, 0.3) is 5.56 Å². The van der Waals surface area contributed by atoms with Crippen molar-refractivity contribution < 1.29 is 4.79 Å². The smallest absolute Gasteiger partial charge is 0.268 e. The van der Waals surface area contributed by atoms with E-state index < -0.39 is 0 Å². The van der Waals surface area contributed by atoms with Gasteiger partial charge in [-0.1, -0.05) is 0 Å². The number of aryl methyl sites for hydroxylation is 1. The lowest BCUT2D eigenvalue weighted by Gasteiger charge is -2.38. The van der Waals surface area contributed by atoms with Crippen LogP contribution in [0.4, 0.5) is 5.69 Å². The summed E-state index contributed by atoms with van der Waals surface area (Å²) < 4.78 is 1.33. The summed E-state index contributed by atoms with van der Waals surface area (Å²) in [7, 11) is 1.65. The van der Waals surface area contributed by atoms with Crippen LogP contribution in [0.15, 0.2) is 17.1 Å². The number of anilines is 1. The summed E-state index contributed by atoms with van der Waals surface area (Å²) in [5, 5.41) is 4.08. The van der Waals surface area contributed by atoms with Crippen molar-refractivity contribution in [2.24, 2.45) is 13.0 Å². The highest BCUT2D eigenvalue weighted by atomic mass is 16.2. The van der Waals surface area contributed by atoms with Gasteiger partial charge in [0.2, 0.25) is 5.91 Å². The number of hydrogen-bond donors (Lipinski definition) is 0. The number of piperidine rings is 1. The maximum absolute atomic E-state index is 12.7. The zero-order valence-electron chi connectivity index (χ0n) is 16.2. The van der Waals surface area contributed by atoms with Gasteiger partial charge in [0.1, 0.15) is 0 Å². The minimum absolute atomic E-state index is 0.103. The van der Waals surface area contributed by atoms with Gasteiger partial charge in [0.05, 0.1) is 11.9 Å². The van der Waals surface area contributed by atoms with Crippen molar-refractivity contribution in [2.75, 3.05) is 44.2 Å². The van der Waals surface area contributed by atoms with Gasteiger partial charge in [-0.3, -0.25) is 9.59 Å². The third-order valence-corrected chi connectivity index (χ3v) is 5.79. The summed E-state index contributed by atoms with van der Waals surface area (Å²) in [4.78, 5) is 31.0. The second-order valence-corrected chi connectivity index (χ2v) is 7.82. The minimum atomic E-state index is -0.103. The molecule has 0 unspecified atom stereocenters. The molecule has 0 atom stereocenters. The Balaban J connectivity index is 1.46. The van der Waals surface area contributed by atoms with Gasteiger partial charge in [-0.15, -0.1) is 0 Å². The Kier molecular flexibility index (Phi) is 5.96. The number of piperazine rings is 1. The highest BCUT2D eigenvalue weighted by Gasteiger charge is 2.27. The van der Waals surface area contributed by atoms with Crippen LogP contribution in [0, 0.1) is 5.92 Å². The normalized spacial score (nSPS) is 20.0. The number of rotatable bonds is 4. The Morgan fingerprint density at radius 2 is 1.81 bits per heavy atom. The van der Waals surface area contributed by atoms with Crippen LogP contribution >= 0.6 is 0 Å². The second-order valence-electron chi connectivity index (χ2n) is 7.82. The third kappa shape index (κ3) is 4.44. The van der Waals surface area contributed by atoms with E-state index in [1.165, 1.54) is 4.68 Å². The van der Waals surface area contributed by atoms with Gasteiger partial charge in [0, 0.05) is 51.8 Å². The Bertz CT molecular complexity index is 671. The number of aromatic nitrogens is 2. The van der Waals surface area contributed by atoms with Crippen LogP contribution in [0.1, 0.15) is 33.1 Å². The first kappa shape index (κ1) is 18.9. The lowest BCUT2D eigenvalue weighted by Crippen LogP contribution is -2.49. The van der Waals surface area contributed by atoms with E-state index in [9.17, 15) is 9.59 Å². The summed E-state index contributed by atoms with van der Waals surface area (Å²) in [5.74, 6) is 0.812. The van der Waals surface area contributed by atoms with Gasteiger partial charge < -0.3 is 14.7 Å². The number of likely N-dealkylation sites (tertiary alicyclic amines) is 1. The van der Waals surface area contributed by atoms with Crippen LogP contribution in [-0.2, 0) is 11.8 Å². The first-order chi connectivity index (χ1) is 12.4. The fourth-order valence-electron chi connectivity index (χ4n) is 3.90. The molecule has 2 aliphatic rings. The summed E-state index contributed by atoms with van der Waals surface area (Å²) in [6, 6.07) is 2.22. The molecule has 2 aliphatic heterocycles. The Morgan fingerprint density at radius 3 is 2.38 bits per heavy atom. The Hall–Kier alpha value is -1.89. The molecule has 0 radical (unpaired) electrons. The summed E-state index contributed by atoms with van der Waals surface area (Å²) in [6.45, 7) is 9.65. The van der Waals surface area contributed by atoms with Crippen molar-refractivity contribution >= 4 is 11.6 Å². The van der Waals surface area contributed by atoms with E-state index in [1.807, 2.05) is 4.90 Å². The van der Waals surface area contributed by atoms with E-state index in [0.717, 1.165) is 57.8 Å². The fraction of sp³-hybridized carbons (Fsp3) is 0.737. The van der Waals surface area contributed by atoms with Gasteiger partial charge in [-0.05, 0) is 45.7 Å². The van der Waals surface area contributed by atoms with Crippen LogP contribution in [0.3, 0.4) is 0 Å². The van der Waals surface area contributed by atoms with Crippen molar-refractivity contribution in [1.29, 1.82) is 0 Å². The molecule has 1 aromatic rings. The molecule has 0 N–H and O–H groups in total. The van der Waals surface area contributed by atoms with Crippen molar-refractivity contribution in [2.45, 2.75) is 39.2 Å². The molecule has 0 bridgehead atoms. The first-order valence-corrected chi connectivity index (χ1v) is 9.74. The molecule has 0 aromatic carbocycles. The van der Waals surface area contributed by atoms with E-state index >= 15 is 0 Å². The molecule has 1 amide bonds. The predicted octanol–water partition coefficient (Wildman–Crippen LogP) is 0.939. The summed E-state index contributed by atoms with van der Waals surface area (Å²) in [5.41, 5.74) is 0.745. The maximum atomic E-state index is 12.7. The van der Waals surface area contributed by atoms with Gasteiger partial charge in [-0.2, -0.15) is 5.10 Å². The van der Waals surface area contributed by atoms with Crippen LogP contribution < -0.4 is 10.5 Å². The molecular formula is C19H31N5O2. The molecule has 2 saturated heterocycles. The van der Waals surface area contributed by atoms with Crippen molar-refractivity contribution in [1.82, 2.24) is 19.6 Å². The Labute approximate surface area is 155 Å². The zero-order valence-corrected chi connectivity index (χ0v) is 16.2. The predicted molar refractivity (Wildman–Crippen MR) is 102 cm³/mol. The summed E-state index contributed by atoms with van der Waals surface area (Å²) in [6.07, 6.45) is 4.66. The van der Waals surface area contributed by atoms with E-state index in [0.29, 0.717) is 18.4 Å². The highest BCUT2D eigenvalue weighted by molar-refractivity contribution is 5.76. The van der Waals surface area contributed by atoms with E-state index in [4.69, 9.17) is 0 Å². The molecule has 3 heterocycles. The van der Waals surface area contributed by atoms with Crippen LogP contribution in [-0.4, -0.2) is 70.8 Å². The molecule has 7 heteroatoms. The average Bonchev–Trinajstić information content (AvgIpc) is 2.64. The van der Waals surface area contributed by atoms with Crippen molar-refractivity contribution in [3.05, 3.63) is 22.6 Å². The molecule has 0 spiro atoms. The molecule has 7 nitrogen and oxygen atoms in total. The second kappa shape index (κ2) is 8.20. The van der Waals surface area contributed by atoms with Crippen LogP contribution in [0.5, 0.6) is 0 Å². The van der Waals surface area contributed by atoms with E-state index in [1.54, 1.807) is 19.3 Å². The van der Waals surface area contributed by atoms with Crippen LogP contribution in [0.2, 0.25) is 0 Å². The molecule has 0 aliphatic carbocycles. The van der Waals surface area contributed by atoms with Gasteiger partial charge in [0.15, 0.2) is 0 Å². The lowest BCUT2D eigenvalue weighted by atomic mass is 9.92. The molecule has 144 valence electrons. The molecule has 1 aromatic heterocycles. The number of hydrogen-bond acceptors (Lipinski definition) is 5. The molecular weight excluding hydrogens is 330 g/mol. The number of nitrogens with zero attached hydrogens (tertiary/aromatic N) is 5. The Morgan fingerprint density at radius 1 is 1.15 bits per heavy atom. The molecule has 26 heavy (non-hydrogen) atoms. The van der Waals surface area contributed by atoms with Gasteiger partial charge >= 0.3 is 0 Å². The highest BCUT2D eigenvalue weighted by Crippen LogP contribution is 2.23. The van der Waals surface area contributed by atoms with E-state index in [-0.39, 0.29) is 11.5 Å². The van der Waals surface area contributed by atoms with Crippen molar-refractivity contribution in [3.63, 3.8) is 0 Å². The van der Waals surface area contributed by atoms with E-state index in [2.05, 4.69) is 28.7 Å².